The fraction of sp³-hybridized carbons (Fsp3) is 1.00. The number of aliphatic hydroxyl groups is 1. The summed E-state index contributed by atoms with van der Waals surface area (Å²) in [5.74, 6) is 0. The van der Waals surface area contributed by atoms with Crippen LogP contribution in [0, 0.1) is 10.8 Å². The molecule has 1 fully saturated rings. The van der Waals surface area contributed by atoms with E-state index in [4.69, 9.17) is 5.73 Å². The Bertz CT molecular complexity index is 199. The Morgan fingerprint density at radius 1 is 1.23 bits per heavy atom. The molecule has 2 nitrogen and oxygen atoms in total. The summed E-state index contributed by atoms with van der Waals surface area (Å²) in [5, 5.41) is 9.24. The summed E-state index contributed by atoms with van der Waals surface area (Å²) in [6.07, 6.45) is -0.560. The summed E-state index contributed by atoms with van der Waals surface area (Å²) in [4.78, 5) is 0. The van der Waals surface area contributed by atoms with Crippen LogP contribution in [0.4, 0.5) is 4.39 Å². The van der Waals surface area contributed by atoms with E-state index in [1.54, 1.807) is 0 Å². The molecule has 1 aliphatic carbocycles. The average Bonchev–Trinajstić information content (AvgIpc) is 2.29. The van der Waals surface area contributed by atoms with E-state index in [1.807, 2.05) is 0 Å². The van der Waals surface area contributed by atoms with E-state index < -0.39 is 18.3 Å². The van der Waals surface area contributed by atoms with E-state index in [0.29, 0.717) is 6.42 Å². The van der Waals surface area contributed by atoms with E-state index in [0.717, 1.165) is 0 Å². The van der Waals surface area contributed by atoms with Crippen molar-refractivity contribution < 1.29 is 9.50 Å². The van der Waals surface area contributed by atoms with Crippen LogP contribution in [0.1, 0.15) is 34.1 Å². The normalized spacial score (nSPS) is 29.8. The summed E-state index contributed by atoms with van der Waals surface area (Å²) >= 11 is 0. The van der Waals surface area contributed by atoms with Gasteiger partial charge in [0.15, 0.2) is 0 Å². The van der Waals surface area contributed by atoms with Crippen LogP contribution in [0.2, 0.25) is 0 Å². The van der Waals surface area contributed by atoms with E-state index in [-0.39, 0.29) is 10.8 Å². The Kier molecular flexibility index (Phi) is 2.25. The number of nitrogens with two attached hydrogens (primary N) is 1. The SMILES string of the molecule is CC1(C)C(C)(C)C1(N)CC(O)CF. The molecule has 0 heterocycles. The zero-order valence-electron chi connectivity index (χ0n) is 8.89. The Morgan fingerprint density at radius 3 is 1.85 bits per heavy atom. The highest BCUT2D eigenvalue weighted by molar-refractivity contribution is 5.29. The van der Waals surface area contributed by atoms with Gasteiger partial charge in [0.25, 0.3) is 0 Å². The third-order valence-corrected chi connectivity index (χ3v) is 4.47. The molecule has 78 valence electrons. The molecule has 1 atom stereocenters. The smallest absolute Gasteiger partial charge is 0.115 e. The molecule has 1 saturated carbocycles. The molecule has 0 radical (unpaired) electrons. The van der Waals surface area contributed by atoms with Crippen LogP contribution in [-0.2, 0) is 0 Å². The second-order valence-electron chi connectivity index (χ2n) is 5.23. The lowest BCUT2D eigenvalue weighted by Gasteiger charge is -2.18. The quantitative estimate of drug-likeness (QED) is 0.706. The maximum atomic E-state index is 12.1. The van der Waals surface area contributed by atoms with Crippen LogP contribution in [-0.4, -0.2) is 23.4 Å². The third-order valence-electron chi connectivity index (χ3n) is 4.47. The maximum Gasteiger partial charge on any atom is 0.115 e. The van der Waals surface area contributed by atoms with Crippen molar-refractivity contribution in [2.24, 2.45) is 16.6 Å². The molecule has 0 aliphatic heterocycles. The molecule has 0 saturated heterocycles. The lowest BCUT2D eigenvalue weighted by Crippen LogP contribution is -2.36. The molecule has 3 N–H and O–H groups in total. The minimum absolute atomic E-state index is 0.0177. The summed E-state index contributed by atoms with van der Waals surface area (Å²) in [5.41, 5.74) is 5.69. The van der Waals surface area contributed by atoms with Crippen LogP contribution in [0.15, 0.2) is 0 Å². The highest BCUT2D eigenvalue weighted by Gasteiger charge is 2.74. The Labute approximate surface area is 79.3 Å². The van der Waals surface area contributed by atoms with Crippen LogP contribution < -0.4 is 5.73 Å². The minimum atomic E-state index is -0.911. The molecule has 1 rings (SSSR count). The van der Waals surface area contributed by atoms with E-state index in [1.165, 1.54) is 0 Å². The summed E-state index contributed by atoms with van der Waals surface area (Å²) in [6.45, 7) is 7.57. The second-order valence-corrected chi connectivity index (χ2v) is 5.23. The van der Waals surface area contributed by atoms with Gasteiger partial charge in [0.2, 0.25) is 0 Å². The molecule has 3 heteroatoms. The van der Waals surface area contributed by atoms with E-state index in [2.05, 4.69) is 27.7 Å². The average molecular weight is 189 g/mol. The van der Waals surface area contributed by atoms with Gasteiger partial charge in [-0.1, -0.05) is 27.7 Å². The first kappa shape index (κ1) is 10.9. The zero-order valence-corrected chi connectivity index (χ0v) is 8.89. The molecule has 0 aromatic carbocycles. The standard InChI is InChI=1S/C10H20FNO/c1-8(2)9(3,4)10(8,12)5-7(13)6-11/h7,13H,5-6,12H2,1-4H3. The molecule has 0 amide bonds. The fourth-order valence-electron chi connectivity index (χ4n) is 2.41. The van der Waals surface area contributed by atoms with Crippen molar-refractivity contribution in [2.75, 3.05) is 6.67 Å². The molecular weight excluding hydrogens is 169 g/mol. The predicted octanol–water partition coefficient (Wildman–Crippen LogP) is 1.47. The Morgan fingerprint density at radius 2 is 1.62 bits per heavy atom. The molecule has 1 unspecified atom stereocenters. The molecule has 0 aromatic heterocycles. The first-order valence-electron chi connectivity index (χ1n) is 4.73. The largest absolute Gasteiger partial charge is 0.390 e. The van der Waals surface area contributed by atoms with Crippen molar-refractivity contribution in [3.05, 3.63) is 0 Å². The van der Waals surface area contributed by atoms with E-state index >= 15 is 0 Å². The lowest BCUT2D eigenvalue weighted by molar-refractivity contribution is 0.112. The first-order valence-corrected chi connectivity index (χ1v) is 4.73. The summed E-state index contributed by atoms with van der Waals surface area (Å²) < 4.78 is 12.1. The second kappa shape index (κ2) is 2.67. The fourth-order valence-corrected chi connectivity index (χ4v) is 2.41. The number of hydrogen-bond acceptors (Lipinski definition) is 2. The van der Waals surface area contributed by atoms with Gasteiger partial charge in [0.05, 0.1) is 6.10 Å². The highest BCUT2D eigenvalue weighted by atomic mass is 19.1. The maximum absolute atomic E-state index is 12.1. The minimum Gasteiger partial charge on any atom is -0.390 e. The highest BCUT2D eigenvalue weighted by Crippen LogP contribution is 2.71. The summed E-state index contributed by atoms with van der Waals surface area (Å²) in [6, 6.07) is 0. The molecule has 13 heavy (non-hydrogen) atoms. The molecule has 0 bridgehead atoms. The van der Waals surface area contributed by atoms with E-state index in [9.17, 15) is 9.50 Å². The van der Waals surface area contributed by atoms with Crippen molar-refractivity contribution in [3.8, 4) is 0 Å². The van der Waals surface area contributed by atoms with Gasteiger partial charge in [-0.2, -0.15) is 0 Å². The Hall–Kier alpha value is -0.150. The molecule has 1 aliphatic rings. The van der Waals surface area contributed by atoms with Gasteiger partial charge in [0.1, 0.15) is 6.67 Å². The lowest BCUT2D eigenvalue weighted by atomic mass is 9.99. The molecule has 0 spiro atoms. The number of halogens is 1. The number of aliphatic hydroxyl groups excluding tert-OH is 1. The van der Waals surface area contributed by atoms with Gasteiger partial charge in [0, 0.05) is 5.54 Å². The summed E-state index contributed by atoms with van der Waals surface area (Å²) in [7, 11) is 0. The van der Waals surface area contributed by atoms with Gasteiger partial charge >= 0.3 is 0 Å². The zero-order chi connectivity index (χ0) is 10.5. The van der Waals surface area contributed by atoms with Crippen molar-refractivity contribution in [2.45, 2.75) is 45.8 Å². The van der Waals surface area contributed by atoms with Gasteiger partial charge in [-0.25, -0.2) is 4.39 Å². The van der Waals surface area contributed by atoms with Gasteiger partial charge < -0.3 is 10.8 Å². The molecule has 0 aromatic rings. The Balaban J connectivity index is 2.72. The third kappa shape index (κ3) is 1.13. The first-order chi connectivity index (χ1) is 5.70. The van der Waals surface area contributed by atoms with Crippen molar-refractivity contribution >= 4 is 0 Å². The van der Waals surface area contributed by atoms with Crippen molar-refractivity contribution in [3.63, 3.8) is 0 Å². The van der Waals surface area contributed by atoms with Crippen LogP contribution in [0.25, 0.3) is 0 Å². The topological polar surface area (TPSA) is 46.2 Å². The van der Waals surface area contributed by atoms with Gasteiger partial charge in [-0.15, -0.1) is 0 Å². The number of hydrogen-bond donors (Lipinski definition) is 2. The molecular formula is C10H20FNO. The van der Waals surface area contributed by atoms with Crippen molar-refractivity contribution in [1.29, 1.82) is 0 Å². The monoisotopic (exact) mass is 189 g/mol. The number of alkyl halides is 1. The van der Waals surface area contributed by atoms with Crippen LogP contribution in [0.5, 0.6) is 0 Å². The van der Waals surface area contributed by atoms with Crippen molar-refractivity contribution in [1.82, 2.24) is 0 Å². The van der Waals surface area contributed by atoms with Gasteiger partial charge in [-0.3, -0.25) is 0 Å². The van der Waals surface area contributed by atoms with Gasteiger partial charge in [-0.05, 0) is 17.3 Å². The number of rotatable bonds is 3. The van der Waals surface area contributed by atoms with Crippen LogP contribution in [0.3, 0.4) is 0 Å². The predicted molar refractivity (Wildman–Crippen MR) is 51.1 cm³/mol. The van der Waals surface area contributed by atoms with Crippen LogP contribution >= 0.6 is 0 Å².